The number of H-pyrrole nitrogens is 2. The number of nitrogens with zero attached hydrogens (tertiary/aromatic N) is 3. The lowest BCUT2D eigenvalue weighted by Crippen LogP contribution is -2.13. The van der Waals surface area contributed by atoms with Gasteiger partial charge in [-0.25, -0.2) is 4.98 Å². The van der Waals surface area contributed by atoms with Crippen molar-refractivity contribution in [2.75, 3.05) is 5.32 Å². The number of anilines is 1. The molecule has 9 nitrogen and oxygen atoms in total. The minimum atomic E-state index is -4.59. The maximum atomic E-state index is 13.1. The molecule has 0 bridgehead atoms. The molecular weight excluding hydrogens is 495 g/mol. The fraction of sp³-hybridized carbons (Fsp3) is 0.0870. The number of halogens is 3. The number of aromatic amines is 2. The largest absolute Gasteiger partial charge is 0.435 e. The van der Waals surface area contributed by atoms with Crippen LogP contribution in [0.5, 0.6) is 0 Å². The highest BCUT2D eigenvalue weighted by atomic mass is 32.1. The molecule has 13 heteroatoms. The summed E-state index contributed by atoms with van der Waals surface area (Å²) in [6.45, 7) is 0.464. The Bertz CT molecular complexity index is 1670. The molecule has 1 aliphatic heterocycles. The molecule has 4 N–H and O–H groups in total. The number of benzene rings is 2. The lowest BCUT2D eigenvalue weighted by molar-refractivity contribution is -0.141. The van der Waals surface area contributed by atoms with Crippen molar-refractivity contribution >= 4 is 39.7 Å². The maximum Gasteiger partial charge on any atom is 0.435 e. The first-order valence-electron chi connectivity index (χ1n) is 10.5. The summed E-state index contributed by atoms with van der Waals surface area (Å²) in [5.74, 6) is -0.712. The zero-order valence-corrected chi connectivity index (χ0v) is 18.8. The number of aromatic nitrogens is 5. The van der Waals surface area contributed by atoms with Crippen molar-refractivity contribution in [3.63, 3.8) is 0 Å². The second-order valence-corrected chi connectivity index (χ2v) is 8.92. The molecule has 0 unspecified atom stereocenters. The minimum Gasteiger partial charge on any atom is -0.348 e. The Labute approximate surface area is 203 Å². The van der Waals surface area contributed by atoms with E-state index in [0.29, 0.717) is 28.9 Å². The predicted molar refractivity (Wildman–Crippen MR) is 125 cm³/mol. The summed E-state index contributed by atoms with van der Waals surface area (Å²) in [7, 11) is 0. The van der Waals surface area contributed by atoms with Crippen molar-refractivity contribution in [3.05, 3.63) is 70.5 Å². The normalized spacial score (nSPS) is 13.1. The molecule has 2 aromatic carbocycles. The van der Waals surface area contributed by atoms with Gasteiger partial charge in [-0.1, -0.05) is 12.1 Å². The van der Waals surface area contributed by atoms with Gasteiger partial charge in [0.1, 0.15) is 10.7 Å². The van der Waals surface area contributed by atoms with Gasteiger partial charge < -0.3 is 10.6 Å². The maximum absolute atomic E-state index is 13.1. The smallest absolute Gasteiger partial charge is 0.348 e. The molecule has 0 saturated heterocycles. The Morgan fingerprint density at radius 3 is 2.75 bits per heavy atom. The third-order valence-corrected chi connectivity index (χ3v) is 6.64. The Balaban J connectivity index is 1.33. The second-order valence-electron chi connectivity index (χ2n) is 8.07. The number of amides is 2. The van der Waals surface area contributed by atoms with Crippen LogP contribution in [0, 0.1) is 0 Å². The van der Waals surface area contributed by atoms with Crippen LogP contribution in [0.1, 0.15) is 32.1 Å². The zero-order valence-electron chi connectivity index (χ0n) is 18.0. The second kappa shape index (κ2) is 8.02. The number of rotatable bonds is 4. The average Bonchev–Trinajstić information content (AvgIpc) is 3.63. The summed E-state index contributed by atoms with van der Waals surface area (Å²) in [5, 5.41) is 20.5. The van der Waals surface area contributed by atoms with E-state index in [2.05, 4.69) is 36.0 Å². The first-order valence-corrected chi connectivity index (χ1v) is 11.4. The van der Waals surface area contributed by atoms with Crippen LogP contribution in [-0.2, 0) is 12.7 Å². The third kappa shape index (κ3) is 3.79. The van der Waals surface area contributed by atoms with Gasteiger partial charge in [0.15, 0.2) is 5.69 Å². The fourth-order valence-electron chi connectivity index (χ4n) is 3.98. The van der Waals surface area contributed by atoms with Gasteiger partial charge in [0.2, 0.25) is 0 Å². The molecule has 4 heterocycles. The predicted octanol–water partition coefficient (Wildman–Crippen LogP) is 4.59. The molecule has 6 rings (SSSR count). The van der Waals surface area contributed by atoms with Gasteiger partial charge in [0, 0.05) is 28.4 Å². The van der Waals surface area contributed by atoms with E-state index >= 15 is 0 Å². The zero-order chi connectivity index (χ0) is 25.0. The summed E-state index contributed by atoms with van der Waals surface area (Å²) in [6.07, 6.45) is -2.94. The number of fused-ring (bicyclic) bond motifs is 2. The van der Waals surface area contributed by atoms with Crippen LogP contribution < -0.4 is 10.6 Å². The fourth-order valence-corrected chi connectivity index (χ4v) is 4.74. The number of nitrogens with one attached hydrogen (secondary N) is 4. The summed E-state index contributed by atoms with van der Waals surface area (Å²) >= 11 is 1.01. The van der Waals surface area contributed by atoms with Gasteiger partial charge in [-0.15, -0.1) is 11.3 Å². The number of carbonyl (C=O) groups excluding carboxylic acids is 2. The molecule has 36 heavy (non-hydrogen) atoms. The number of carbonyl (C=O) groups is 2. The third-order valence-electron chi connectivity index (χ3n) is 5.77. The van der Waals surface area contributed by atoms with Crippen molar-refractivity contribution < 1.29 is 22.8 Å². The standard InChI is InChI=1S/C23H14F3N7O2S/c24-23(25,26)19-6-17(32-33-19)22-30-18(9-36-22)21(35)29-16-5-15-12(8-28-31-15)4-13(16)10-1-2-11-7-27-20(34)14(11)3-10/h1-6,8-9H,7H2,(H,27,34)(H,28,31)(H,29,35)(H,32,33). The molecule has 0 saturated carbocycles. The molecular formula is C23H14F3N7O2S. The monoisotopic (exact) mass is 509 g/mol. The van der Waals surface area contributed by atoms with E-state index in [-0.39, 0.29) is 22.3 Å². The van der Waals surface area contributed by atoms with Crippen LogP contribution in [0.3, 0.4) is 0 Å². The van der Waals surface area contributed by atoms with Crippen molar-refractivity contribution in [1.29, 1.82) is 0 Å². The lowest BCUT2D eigenvalue weighted by atomic mass is 9.97. The van der Waals surface area contributed by atoms with E-state index in [1.165, 1.54) is 5.38 Å². The van der Waals surface area contributed by atoms with Gasteiger partial charge in [0.05, 0.1) is 23.1 Å². The number of hydrogen-bond donors (Lipinski definition) is 4. The van der Waals surface area contributed by atoms with Crippen LogP contribution in [0.4, 0.5) is 18.9 Å². The Hall–Kier alpha value is -4.52. The van der Waals surface area contributed by atoms with Gasteiger partial charge in [-0.2, -0.15) is 23.4 Å². The Morgan fingerprint density at radius 1 is 1.08 bits per heavy atom. The molecule has 0 spiro atoms. The topological polar surface area (TPSA) is 128 Å². The van der Waals surface area contributed by atoms with Crippen LogP contribution in [0.15, 0.2) is 48.0 Å². The summed E-state index contributed by atoms with van der Waals surface area (Å²) in [6, 6.07) is 9.91. The van der Waals surface area contributed by atoms with E-state index in [1.54, 1.807) is 18.3 Å². The molecule has 5 aromatic rings. The molecule has 180 valence electrons. The molecule has 0 fully saturated rings. The molecule has 1 aliphatic rings. The van der Waals surface area contributed by atoms with E-state index < -0.39 is 17.8 Å². The molecule has 3 aromatic heterocycles. The molecule has 0 atom stereocenters. The quantitative estimate of drug-likeness (QED) is 0.282. The van der Waals surface area contributed by atoms with Crippen LogP contribution >= 0.6 is 11.3 Å². The highest BCUT2D eigenvalue weighted by Gasteiger charge is 2.34. The molecule has 0 radical (unpaired) electrons. The Morgan fingerprint density at radius 2 is 1.94 bits per heavy atom. The first-order chi connectivity index (χ1) is 17.3. The van der Waals surface area contributed by atoms with Crippen molar-refractivity contribution in [2.45, 2.75) is 12.7 Å². The van der Waals surface area contributed by atoms with Gasteiger partial charge >= 0.3 is 6.18 Å². The summed E-state index contributed by atoms with van der Waals surface area (Å²) < 4.78 is 38.6. The number of alkyl halides is 3. The van der Waals surface area contributed by atoms with Crippen LogP contribution in [0.25, 0.3) is 32.7 Å². The minimum absolute atomic E-state index is 0.0298. The summed E-state index contributed by atoms with van der Waals surface area (Å²) in [5.41, 5.74) is 3.00. The van der Waals surface area contributed by atoms with Crippen LogP contribution in [0.2, 0.25) is 0 Å². The van der Waals surface area contributed by atoms with E-state index in [9.17, 15) is 22.8 Å². The van der Waals surface area contributed by atoms with Gasteiger partial charge in [-0.3, -0.25) is 19.8 Å². The number of thiazole rings is 1. The lowest BCUT2D eigenvalue weighted by Gasteiger charge is -2.12. The number of hydrogen-bond acceptors (Lipinski definition) is 6. The average molecular weight is 509 g/mol. The Kier molecular flexibility index (Phi) is 4.89. The van der Waals surface area contributed by atoms with E-state index in [4.69, 9.17) is 0 Å². The van der Waals surface area contributed by atoms with Crippen LogP contribution in [-0.4, -0.2) is 37.2 Å². The molecule has 0 aliphatic carbocycles. The van der Waals surface area contributed by atoms with Gasteiger partial charge in [-0.05, 0) is 35.4 Å². The van der Waals surface area contributed by atoms with Crippen molar-refractivity contribution in [2.24, 2.45) is 0 Å². The van der Waals surface area contributed by atoms with E-state index in [0.717, 1.165) is 33.9 Å². The van der Waals surface area contributed by atoms with Crippen molar-refractivity contribution in [3.8, 4) is 21.8 Å². The van der Waals surface area contributed by atoms with Gasteiger partial charge in [0.25, 0.3) is 11.8 Å². The summed E-state index contributed by atoms with van der Waals surface area (Å²) in [4.78, 5) is 29.4. The SMILES string of the molecule is O=C(Nc1cc2[nH]ncc2cc1-c1ccc2c(c1)C(=O)NC2)c1csc(-c2cc(C(F)(F)F)n[nH]2)n1. The first kappa shape index (κ1) is 22.0. The highest BCUT2D eigenvalue weighted by molar-refractivity contribution is 7.13. The van der Waals surface area contributed by atoms with Crippen molar-refractivity contribution in [1.82, 2.24) is 30.7 Å². The highest BCUT2D eigenvalue weighted by Crippen LogP contribution is 2.35. The molecule has 2 amide bonds. The van der Waals surface area contributed by atoms with E-state index in [1.807, 2.05) is 18.2 Å².